The first-order chi connectivity index (χ1) is 12.1. The van der Waals surface area contributed by atoms with Gasteiger partial charge in [0.25, 0.3) is 5.91 Å². The summed E-state index contributed by atoms with van der Waals surface area (Å²) in [4.78, 5) is 23.9. The van der Waals surface area contributed by atoms with Crippen LogP contribution in [0, 0.1) is 0 Å². The fraction of sp³-hybridized carbons (Fsp3) is 0.300. The highest BCUT2D eigenvalue weighted by Gasteiger charge is 2.08. The summed E-state index contributed by atoms with van der Waals surface area (Å²) in [5, 5.41) is 5.81. The second-order valence-electron chi connectivity index (χ2n) is 5.89. The summed E-state index contributed by atoms with van der Waals surface area (Å²) < 4.78 is 0. The van der Waals surface area contributed by atoms with Crippen LogP contribution < -0.4 is 10.6 Å². The largest absolute Gasteiger partial charge is 0.350 e. The number of para-hydroxylation sites is 1. The number of nitrogens with one attached hydrogen (secondary N) is 2. The van der Waals surface area contributed by atoms with E-state index in [-0.39, 0.29) is 17.9 Å². The molecule has 0 aromatic heterocycles. The molecule has 25 heavy (non-hydrogen) atoms. The topological polar surface area (TPSA) is 58.2 Å². The fourth-order valence-electron chi connectivity index (χ4n) is 2.14. The van der Waals surface area contributed by atoms with E-state index < -0.39 is 0 Å². The van der Waals surface area contributed by atoms with Gasteiger partial charge in [-0.1, -0.05) is 37.3 Å². The maximum atomic E-state index is 12.0. The van der Waals surface area contributed by atoms with Crippen molar-refractivity contribution in [2.75, 3.05) is 11.1 Å². The van der Waals surface area contributed by atoms with Crippen LogP contribution in [0.2, 0.25) is 0 Å². The predicted molar refractivity (Wildman–Crippen MR) is 105 cm³/mol. The van der Waals surface area contributed by atoms with E-state index in [0.29, 0.717) is 11.3 Å². The number of anilines is 1. The van der Waals surface area contributed by atoms with Crippen molar-refractivity contribution in [3.63, 3.8) is 0 Å². The van der Waals surface area contributed by atoms with Gasteiger partial charge >= 0.3 is 0 Å². The van der Waals surface area contributed by atoms with E-state index >= 15 is 0 Å². The maximum Gasteiger partial charge on any atom is 0.251 e. The van der Waals surface area contributed by atoms with E-state index in [4.69, 9.17) is 0 Å². The van der Waals surface area contributed by atoms with Gasteiger partial charge in [0, 0.05) is 23.0 Å². The normalized spacial score (nSPS) is 11.6. The molecule has 4 nitrogen and oxygen atoms in total. The molecule has 2 aromatic carbocycles. The van der Waals surface area contributed by atoms with Gasteiger partial charge in [0.1, 0.15) is 0 Å². The van der Waals surface area contributed by atoms with Gasteiger partial charge in [-0.15, -0.1) is 11.8 Å². The van der Waals surface area contributed by atoms with E-state index in [1.54, 1.807) is 11.8 Å². The van der Waals surface area contributed by atoms with E-state index in [2.05, 4.69) is 10.6 Å². The van der Waals surface area contributed by atoms with Crippen molar-refractivity contribution >= 4 is 29.3 Å². The molecule has 2 N–H and O–H groups in total. The molecule has 1 unspecified atom stereocenters. The fourth-order valence-corrected chi connectivity index (χ4v) is 2.93. The Balaban J connectivity index is 1.76. The Morgan fingerprint density at radius 2 is 1.72 bits per heavy atom. The number of rotatable bonds is 8. The highest BCUT2D eigenvalue weighted by Crippen LogP contribution is 2.14. The number of carbonyl (C=O) groups is 2. The smallest absolute Gasteiger partial charge is 0.251 e. The van der Waals surface area contributed by atoms with Crippen LogP contribution in [0.5, 0.6) is 0 Å². The molecule has 0 aliphatic heterocycles. The lowest BCUT2D eigenvalue weighted by Gasteiger charge is -2.11. The Bertz CT molecular complexity index is 687. The lowest BCUT2D eigenvalue weighted by Crippen LogP contribution is -2.31. The number of amides is 2. The molecule has 0 aliphatic rings. The summed E-state index contributed by atoms with van der Waals surface area (Å²) in [6.45, 7) is 4.03. The van der Waals surface area contributed by atoms with Crippen molar-refractivity contribution in [3.8, 4) is 0 Å². The summed E-state index contributed by atoms with van der Waals surface area (Å²) in [5.74, 6) is 1.07. The van der Waals surface area contributed by atoms with Crippen LogP contribution in [0.25, 0.3) is 0 Å². The molecule has 2 aromatic rings. The zero-order valence-electron chi connectivity index (χ0n) is 14.6. The summed E-state index contributed by atoms with van der Waals surface area (Å²) in [5.41, 5.74) is 2.57. The first kappa shape index (κ1) is 19.1. The van der Waals surface area contributed by atoms with Crippen LogP contribution >= 0.6 is 11.8 Å². The minimum Gasteiger partial charge on any atom is -0.350 e. The van der Waals surface area contributed by atoms with Crippen LogP contribution in [0.1, 0.15) is 36.2 Å². The summed E-state index contributed by atoms with van der Waals surface area (Å²) in [7, 11) is 0. The SMILES string of the molecule is CCC(C)NC(=O)c1ccc(CSCC(=O)Nc2ccccc2)cc1. The molecule has 0 radical (unpaired) electrons. The average Bonchev–Trinajstić information content (AvgIpc) is 2.63. The van der Waals surface area contributed by atoms with E-state index in [9.17, 15) is 9.59 Å². The van der Waals surface area contributed by atoms with Crippen molar-refractivity contribution in [2.45, 2.75) is 32.1 Å². The lowest BCUT2D eigenvalue weighted by molar-refractivity contribution is -0.113. The van der Waals surface area contributed by atoms with Crippen molar-refractivity contribution < 1.29 is 9.59 Å². The molecule has 0 heterocycles. The third-order valence-electron chi connectivity index (χ3n) is 3.77. The van der Waals surface area contributed by atoms with E-state index in [0.717, 1.165) is 23.4 Å². The Labute approximate surface area is 153 Å². The summed E-state index contributed by atoms with van der Waals surface area (Å²) in [6, 6.07) is 17.1. The Kier molecular flexibility index (Phi) is 7.54. The Morgan fingerprint density at radius 1 is 1.04 bits per heavy atom. The van der Waals surface area contributed by atoms with Gasteiger partial charge in [0.15, 0.2) is 0 Å². The highest BCUT2D eigenvalue weighted by molar-refractivity contribution is 7.99. The Morgan fingerprint density at radius 3 is 2.36 bits per heavy atom. The molecule has 0 bridgehead atoms. The van der Waals surface area contributed by atoms with Crippen LogP contribution in [-0.2, 0) is 10.5 Å². The highest BCUT2D eigenvalue weighted by atomic mass is 32.2. The van der Waals surface area contributed by atoms with Gasteiger partial charge in [0.2, 0.25) is 5.91 Å². The third kappa shape index (κ3) is 6.63. The van der Waals surface area contributed by atoms with Crippen LogP contribution in [0.3, 0.4) is 0 Å². The second-order valence-corrected chi connectivity index (χ2v) is 6.87. The van der Waals surface area contributed by atoms with Crippen molar-refractivity contribution in [2.24, 2.45) is 0 Å². The first-order valence-electron chi connectivity index (χ1n) is 8.41. The Hall–Kier alpha value is -2.27. The average molecular weight is 356 g/mol. The molecule has 5 heteroatoms. The van der Waals surface area contributed by atoms with Gasteiger partial charge in [0.05, 0.1) is 5.75 Å². The first-order valence-corrected chi connectivity index (χ1v) is 9.56. The van der Waals surface area contributed by atoms with Gasteiger partial charge in [-0.25, -0.2) is 0 Å². The molecular formula is C20H24N2O2S. The summed E-state index contributed by atoms with van der Waals surface area (Å²) in [6.07, 6.45) is 0.908. The lowest BCUT2D eigenvalue weighted by atomic mass is 10.1. The van der Waals surface area contributed by atoms with E-state index in [1.807, 2.05) is 68.4 Å². The van der Waals surface area contributed by atoms with Crippen molar-refractivity contribution in [1.82, 2.24) is 5.32 Å². The molecular weight excluding hydrogens is 332 g/mol. The standard InChI is InChI=1S/C20H24N2O2S/c1-3-15(2)21-20(24)17-11-9-16(10-12-17)13-25-14-19(23)22-18-7-5-4-6-8-18/h4-12,15H,3,13-14H2,1-2H3,(H,21,24)(H,22,23). The molecule has 0 aliphatic carbocycles. The quantitative estimate of drug-likeness (QED) is 0.749. The second kappa shape index (κ2) is 9.89. The van der Waals surface area contributed by atoms with Gasteiger partial charge in [-0.05, 0) is 43.2 Å². The maximum absolute atomic E-state index is 12.0. The van der Waals surface area contributed by atoms with Crippen LogP contribution in [-0.4, -0.2) is 23.6 Å². The van der Waals surface area contributed by atoms with Crippen LogP contribution in [0.15, 0.2) is 54.6 Å². The molecule has 0 saturated carbocycles. The summed E-state index contributed by atoms with van der Waals surface area (Å²) >= 11 is 1.55. The van der Waals surface area contributed by atoms with Gasteiger partial charge in [-0.3, -0.25) is 9.59 Å². The van der Waals surface area contributed by atoms with Gasteiger partial charge in [-0.2, -0.15) is 0 Å². The van der Waals surface area contributed by atoms with Gasteiger partial charge < -0.3 is 10.6 Å². The van der Waals surface area contributed by atoms with Crippen molar-refractivity contribution in [3.05, 3.63) is 65.7 Å². The number of benzene rings is 2. The monoisotopic (exact) mass is 356 g/mol. The third-order valence-corrected chi connectivity index (χ3v) is 4.77. The number of hydrogen-bond donors (Lipinski definition) is 2. The number of hydrogen-bond acceptors (Lipinski definition) is 3. The van der Waals surface area contributed by atoms with Crippen LogP contribution in [0.4, 0.5) is 5.69 Å². The molecule has 0 fully saturated rings. The zero-order chi connectivity index (χ0) is 18.1. The molecule has 1 atom stereocenters. The predicted octanol–water partition coefficient (Wildman–Crippen LogP) is 4.09. The molecule has 0 saturated heterocycles. The molecule has 0 spiro atoms. The minimum atomic E-state index is -0.0456. The minimum absolute atomic E-state index is 0.0132. The number of carbonyl (C=O) groups excluding carboxylic acids is 2. The molecule has 132 valence electrons. The van der Waals surface area contributed by atoms with Crippen molar-refractivity contribution in [1.29, 1.82) is 0 Å². The zero-order valence-corrected chi connectivity index (χ0v) is 15.4. The molecule has 2 amide bonds. The van der Waals surface area contributed by atoms with E-state index in [1.165, 1.54) is 0 Å². The molecule has 2 rings (SSSR count). The number of thioether (sulfide) groups is 1.